The lowest BCUT2D eigenvalue weighted by molar-refractivity contribution is 0.101. The number of carbonyl (C=O) groups excluding carboxylic acids is 1. The first-order valence-electron chi connectivity index (χ1n) is 8.85. The topological polar surface area (TPSA) is 26.3 Å². The van der Waals surface area contributed by atoms with E-state index in [1.54, 1.807) is 14.0 Å². The van der Waals surface area contributed by atoms with Crippen LogP contribution in [0.1, 0.15) is 39.5 Å². The van der Waals surface area contributed by atoms with Gasteiger partial charge in [0.05, 0.1) is 7.11 Å². The molecule has 0 heterocycles. The molecule has 0 saturated heterocycles. The van der Waals surface area contributed by atoms with Gasteiger partial charge in [-0.1, -0.05) is 85.0 Å². The lowest BCUT2D eigenvalue weighted by atomic mass is 10.1. The molecule has 134 valence electrons. The molecule has 3 aromatic rings. The Labute approximate surface area is 160 Å². The van der Waals surface area contributed by atoms with Gasteiger partial charge in [-0.3, -0.25) is 4.79 Å². The minimum absolute atomic E-state index is 0.0869. The predicted molar refractivity (Wildman–Crippen MR) is 114 cm³/mol. The fourth-order valence-corrected chi connectivity index (χ4v) is 2.65. The van der Waals surface area contributed by atoms with Crippen LogP contribution in [0, 0.1) is 0 Å². The molecule has 2 nitrogen and oxygen atoms in total. The largest absolute Gasteiger partial charge is 0.497 e. The molecule has 0 aliphatic rings. The van der Waals surface area contributed by atoms with E-state index < -0.39 is 0 Å². The van der Waals surface area contributed by atoms with Crippen LogP contribution in [0.3, 0.4) is 0 Å². The number of hydrogen-bond donors (Lipinski definition) is 0. The van der Waals surface area contributed by atoms with Crippen LogP contribution in [-0.2, 0) is 0 Å². The molecule has 0 saturated carbocycles. The molecule has 27 heavy (non-hydrogen) atoms. The summed E-state index contributed by atoms with van der Waals surface area (Å²) in [5.74, 6) is 0.947. The van der Waals surface area contributed by atoms with Crippen LogP contribution in [0.2, 0.25) is 0 Å². The van der Waals surface area contributed by atoms with Crippen LogP contribution in [0.15, 0.2) is 72.8 Å². The zero-order chi connectivity index (χ0) is 19.1. The molecule has 0 bridgehead atoms. The maximum Gasteiger partial charge on any atom is 0.159 e. The second-order valence-corrected chi connectivity index (χ2v) is 6.28. The number of carbonyl (C=O) groups is 1. The SMILES string of the molecule is COc1ccc(/C=C/c2ccc(/C=C/c3ccc(C(C)=O)cc3)cc2)cc1. The molecular formula is C25H22O2. The number of Topliss-reactive ketones (excluding diaryl/α,β-unsaturated/α-hetero) is 1. The maximum absolute atomic E-state index is 11.3. The highest BCUT2D eigenvalue weighted by atomic mass is 16.5. The third-order valence-corrected chi connectivity index (χ3v) is 4.31. The highest BCUT2D eigenvalue weighted by Crippen LogP contribution is 2.15. The monoisotopic (exact) mass is 354 g/mol. The average Bonchev–Trinajstić information content (AvgIpc) is 2.72. The number of benzene rings is 3. The second kappa shape index (κ2) is 8.81. The molecule has 0 aromatic heterocycles. The van der Waals surface area contributed by atoms with Gasteiger partial charge in [-0.2, -0.15) is 0 Å². The Kier molecular flexibility index (Phi) is 6.01. The van der Waals surface area contributed by atoms with Crippen LogP contribution in [-0.4, -0.2) is 12.9 Å². The number of rotatable bonds is 6. The van der Waals surface area contributed by atoms with Gasteiger partial charge in [-0.05, 0) is 41.3 Å². The number of methoxy groups -OCH3 is 1. The summed E-state index contributed by atoms with van der Waals surface area (Å²) in [6.45, 7) is 1.58. The van der Waals surface area contributed by atoms with Crippen molar-refractivity contribution in [1.82, 2.24) is 0 Å². The van der Waals surface area contributed by atoms with Gasteiger partial charge in [0.1, 0.15) is 5.75 Å². The highest BCUT2D eigenvalue weighted by molar-refractivity contribution is 5.94. The summed E-state index contributed by atoms with van der Waals surface area (Å²) >= 11 is 0. The predicted octanol–water partition coefficient (Wildman–Crippen LogP) is 6.24. The first kappa shape index (κ1) is 18.4. The van der Waals surface area contributed by atoms with E-state index in [1.807, 2.05) is 54.6 Å². The molecule has 2 heteroatoms. The lowest BCUT2D eigenvalue weighted by Gasteiger charge is -2.00. The van der Waals surface area contributed by atoms with Gasteiger partial charge in [-0.25, -0.2) is 0 Å². The number of hydrogen-bond acceptors (Lipinski definition) is 2. The maximum atomic E-state index is 11.3. The molecule has 0 amide bonds. The summed E-state index contributed by atoms with van der Waals surface area (Å²) < 4.78 is 5.17. The Morgan fingerprint density at radius 2 is 0.963 bits per heavy atom. The van der Waals surface area contributed by atoms with Gasteiger partial charge in [0.15, 0.2) is 5.78 Å². The molecule has 0 atom stereocenters. The Hall–Kier alpha value is -3.39. The van der Waals surface area contributed by atoms with Crippen molar-refractivity contribution in [2.24, 2.45) is 0 Å². The van der Waals surface area contributed by atoms with Crippen molar-refractivity contribution in [2.75, 3.05) is 7.11 Å². The van der Waals surface area contributed by atoms with E-state index in [2.05, 4.69) is 42.5 Å². The molecular weight excluding hydrogens is 332 g/mol. The van der Waals surface area contributed by atoms with E-state index in [0.717, 1.165) is 33.6 Å². The summed E-state index contributed by atoms with van der Waals surface area (Å²) in [7, 11) is 1.67. The van der Waals surface area contributed by atoms with Crippen LogP contribution < -0.4 is 4.74 Å². The van der Waals surface area contributed by atoms with Crippen molar-refractivity contribution >= 4 is 30.1 Å². The standard InChI is InChI=1S/C25H22O2/c1-19(26)24-15-11-22(12-16-24)9-7-20-3-5-21(6-4-20)8-10-23-13-17-25(27-2)18-14-23/h3-18H,1-2H3/b9-7+,10-8+. The summed E-state index contributed by atoms with van der Waals surface area (Å²) in [6, 6.07) is 24.0. The van der Waals surface area contributed by atoms with Crippen molar-refractivity contribution in [1.29, 1.82) is 0 Å². The molecule has 0 unspecified atom stereocenters. The van der Waals surface area contributed by atoms with Crippen molar-refractivity contribution in [2.45, 2.75) is 6.92 Å². The minimum Gasteiger partial charge on any atom is -0.497 e. The molecule has 3 aromatic carbocycles. The van der Waals surface area contributed by atoms with E-state index in [0.29, 0.717) is 0 Å². The van der Waals surface area contributed by atoms with Crippen LogP contribution in [0.5, 0.6) is 5.75 Å². The quantitative estimate of drug-likeness (QED) is 0.387. The second-order valence-electron chi connectivity index (χ2n) is 6.28. The van der Waals surface area contributed by atoms with Crippen LogP contribution >= 0.6 is 0 Å². The van der Waals surface area contributed by atoms with Crippen LogP contribution in [0.25, 0.3) is 24.3 Å². The first-order valence-corrected chi connectivity index (χ1v) is 8.85. The zero-order valence-corrected chi connectivity index (χ0v) is 15.6. The Balaban J connectivity index is 1.63. The Bertz CT molecular complexity index is 945. The zero-order valence-electron chi connectivity index (χ0n) is 15.6. The molecule has 0 fully saturated rings. The fraction of sp³-hybridized carbons (Fsp3) is 0.0800. The lowest BCUT2D eigenvalue weighted by Crippen LogP contribution is -1.90. The third-order valence-electron chi connectivity index (χ3n) is 4.31. The van der Waals surface area contributed by atoms with Crippen molar-refractivity contribution < 1.29 is 9.53 Å². The van der Waals surface area contributed by atoms with E-state index in [-0.39, 0.29) is 5.78 Å². The highest BCUT2D eigenvalue weighted by Gasteiger charge is 1.97. The summed E-state index contributed by atoms with van der Waals surface area (Å²) in [5, 5.41) is 0. The van der Waals surface area contributed by atoms with Crippen LogP contribution in [0.4, 0.5) is 0 Å². The molecule has 0 spiro atoms. The average molecular weight is 354 g/mol. The van der Waals surface area contributed by atoms with E-state index in [4.69, 9.17) is 4.74 Å². The van der Waals surface area contributed by atoms with Gasteiger partial charge < -0.3 is 4.74 Å². The molecule has 3 rings (SSSR count). The van der Waals surface area contributed by atoms with E-state index in [1.165, 1.54) is 0 Å². The van der Waals surface area contributed by atoms with E-state index in [9.17, 15) is 4.79 Å². The summed E-state index contributed by atoms with van der Waals surface area (Å²) in [5.41, 5.74) is 5.22. The molecule has 0 N–H and O–H groups in total. The smallest absolute Gasteiger partial charge is 0.159 e. The molecule has 0 radical (unpaired) electrons. The Morgan fingerprint density at radius 1 is 0.630 bits per heavy atom. The fourth-order valence-electron chi connectivity index (χ4n) is 2.65. The third kappa shape index (κ3) is 5.29. The summed E-state index contributed by atoms with van der Waals surface area (Å²) in [6.07, 6.45) is 8.29. The molecule has 0 aliphatic carbocycles. The van der Waals surface area contributed by atoms with Crippen molar-refractivity contribution in [3.8, 4) is 5.75 Å². The normalized spacial score (nSPS) is 11.2. The number of ether oxygens (including phenoxy) is 1. The Morgan fingerprint density at radius 3 is 1.30 bits per heavy atom. The van der Waals surface area contributed by atoms with Gasteiger partial charge >= 0.3 is 0 Å². The van der Waals surface area contributed by atoms with Gasteiger partial charge in [0, 0.05) is 5.56 Å². The van der Waals surface area contributed by atoms with Crippen molar-refractivity contribution in [3.05, 3.63) is 101 Å². The minimum atomic E-state index is 0.0869. The van der Waals surface area contributed by atoms with Gasteiger partial charge in [0.25, 0.3) is 0 Å². The number of ketones is 1. The van der Waals surface area contributed by atoms with E-state index >= 15 is 0 Å². The summed E-state index contributed by atoms with van der Waals surface area (Å²) in [4.78, 5) is 11.3. The van der Waals surface area contributed by atoms with Gasteiger partial charge in [0.2, 0.25) is 0 Å². The van der Waals surface area contributed by atoms with Crippen molar-refractivity contribution in [3.63, 3.8) is 0 Å². The van der Waals surface area contributed by atoms with Gasteiger partial charge in [-0.15, -0.1) is 0 Å². The molecule has 0 aliphatic heterocycles. The first-order chi connectivity index (χ1) is 13.1.